The van der Waals surface area contributed by atoms with Crippen molar-refractivity contribution < 1.29 is 13.5 Å². The summed E-state index contributed by atoms with van der Waals surface area (Å²) in [5, 5.41) is 13.0. The fourth-order valence-electron chi connectivity index (χ4n) is 4.79. The minimum atomic E-state index is -2.89. The Balaban J connectivity index is 1.79. The van der Waals surface area contributed by atoms with Gasteiger partial charge in [0.1, 0.15) is 11.9 Å². The number of aryl methyl sites for hydroxylation is 1. The smallest absolute Gasteiger partial charge is 0.387 e. The maximum atomic E-state index is 13.1. The summed E-state index contributed by atoms with van der Waals surface area (Å²) < 4.78 is 31.2. The second kappa shape index (κ2) is 7.66. The monoisotopic (exact) mass is 432 g/mol. The zero-order valence-electron chi connectivity index (χ0n) is 17.5. The summed E-state index contributed by atoms with van der Waals surface area (Å²) >= 11 is 0. The lowest BCUT2D eigenvalue weighted by Crippen LogP contribution is -2.42. The predicted octanol–water partition coefficient (Wildman–Crippen LogP) is 4.59. The molecule has 5 rings (SSSR count). The lowest BCUT2D eigenvalue weighted by Gasteiger charge is -2.34. The molecular formula is C25H22F2N4O. The van der Waals surface area contributed by atoms with E-state index < -0.39 is 18.3 Å². The molecule has 0 radical (unpaired) electrons. The van der Waals surface area contributed by atoms with Crippen LogP contribution < -0.4 is 15.8 Å². The third kappa shape index (κ3) is 3.24. The first-order chi connectivity index (χ1) is 15.4. The van der Waals surface area contributed by atoms with Gasteiger partial charge in [0.05, 0.1) is 22.9 Å². The van der Waals surface area contributed by atoms with Crippen LogP contribution in [0.15, 0.2) is 54.7 Å². The Kier molecular flexibility index (Phi) is 4.92. The van der Waals surface area contributed by atoms with E-state index in [0.29, 0.717) is 16.8 Å². The highest BCUT2D eigenvalue weighted by Gasteiger charge is 2.47. The number of aromatic nitrogens is 1. The Morgan fingerprint density at radius 1 is 1.19 bits per heavy atom. The summed E-state index contributed by atoms with van der Waals surface area (Å²) in [6.45, 7) is -1.10. The Morgan fingerprint density at radius 2 is 2.00 bits per heavy atom. The molecule has 7 heteroatoms. The second-order valence-electron chi connectivity index (χ2n) is 8.37. The first-order valence-electron chi connectivity index (χ1n) is 10.5. The van der Waals surface area contributed by atoms with Crippen LogP contribution >= 0.6 is 0 Å². The number of benzene rings is 2. The van der Waals surface area contributed by atoms with Gasteiger partial charge in [-0.25, -0.2) is 0 Å². The topological polar surface area (TPSA) is 84.0 Å². The maximum Gasteiger partial charge on any atom is 0.387 e. The van der Waals surface area contributed by atoms with Gasteiger partial charge in [-0.2, -0.15) is 14.0 Å². The van der Waals surface area contributed by atoms with Crippen molar-refractivity contribution in [3.8, 4) is 11.8 Å². The number of ether oxygens (including phenoxy) is 1. The Hall–Kier alpha value is -3.34. The molecule has 3 aromatic rings. The zero-order chi connectivity index (χ0) is 22.5. The average molecular weight is 432 g/mol. The molecule has 2 atom stereocenters. The van der Waals surface area contributed by atoms with Crippen molar-refractivity contribution in [2.45, 2.75) is 44.0 Å². The molecule has 2 aliphatic rings. The van der Waals surface area contributed by atoms with E-state index in [2.05, 4.69) is 16.4 Å². The third-order valence-corrected chi connectivity index (χ3v) is 6.29. The number of nitrogens with two attached hydrogens (primary N) is 1. The highest BCUT2D eigenvalue weighted by Crippen LogP contribution is 2.50. The normalized spacial score (nSPS) is 21.9. The van der Waals surface area contributed by atoms with E-state index in [-0.39, 0.29) is 11.7 Å². The molecule has 1 aromatic heterocycles. The summed E-state index contributed by atoms with van der Waals surface area (Å²) in [5.74, 6) is 0.439. The minimum absolute atomic E-state index is 0.188. The van der Waals surface area contributed by atoms with Crippen LogP contribution in [0.2, 0.25) is 0 Å². The van der Waals surface area contributed by atoms with E-state index in [9.17, 15) is 14.0 Å². The number of hydrogen-bond acceptors (Lipinski definition) is 5. The third-order valence-electron chi connectivity index (χ3n) is 6.29. The van der Waals surface area contributed by atoms with Gasteiger partial charge in [-0.15, -0.1) is 0 Å². The Morgan fingerprint density at radius 3 is 2.72 bits per heavy atom. The van der Waals surface area contributed by atoms with Crippen molar-refractivity contribution in [1.82, 2.24) is 10.3 Å². The maximum absolute atomic E-state index is 13.1. The van der Waals surface area contributed by atoms with E-state index in [0.717, 1.165) is 35.1 Å². The Labute approximate surface area is 184 Å². The van der Waals surface area contributed by atoms with Gasteiger partial charge in [-0.3, -0.25) is 10.3 Å². The summed E-state index contributed by atoms with van der Waals surface area (Å²) in [6, 6.07) is 17.2. The highest BCUT2D eigenvalue weighted by atomic mass is 19.3. The fourth-order valence-corrected chi connectivity index (χ4v) is 4.79. The van der Waals surface area contributed by atoms with Crippen molar-refractivity contribution >= 4 is 0 Å². The van der Waals surface area contributed by atoms with Gasteiger partial charge in [-0.05, 0) is 78.3 Å². The van der Waals surface area contributed by atoms with Crippen LogP contribution in [0.5, 0.6) is 5.75 Å². The summed E-state index contributed by atoms with van der Waals surface area (Å²) in [5.41, 5.74) is 10.8. The standard InChI is InChI=1S/C25H22F2N4O/c1-14-10-18(12-19(16-7-8-16)22(14)32-24(26)27)25(17-5-2-4-15(11-17)13-28)20-6-3-9-30-21(20)23(29)31-25/h2-6,9-12,16,23-24,31H,7-8,29H2,1H3. The van der Waals surface area contributed by atoms with E-state index in [1.54, 1.807) is 19.2 Å². The molecule has 1 saturated carbocycles. The molecular weight excluding hydrogens is 410 g/mol. The number of nitriles is 1. The van der Waals surface area contributed by atoms with Gasteiger partial charge in [-0.1, -0.05) is 18.2 Å². The average Bonchev–Trinajstić information content (AvgIpc) is 3.59. The molecule has 2 aromatic carbocycles. The van der Waals surface area contributed by atoms with Gasteiger partial charge in [0.25, 0.3) is 0 Å². The number of halogens is 2. The van der Waals surface area contributed by atoms with Gasteiger partial charge in [0, 0.05) is 11.8 Å². The van der Waals surface area contributed by atoms with E-state index >= 15 is 0 Å². The fraction of sp³-hybridized carbons (Fsp3) is 0.280. The van der Waals surface area contributed by atoms with Crippen molar-refractivity contribution in [3.05, 3.63) is 93.8 Å². The molecule has 1 fully saturated rings. The molecule has 1 aliphatic carbocycles. The molecule has 5 nitrogen and oxygen atoms in total. The number of nitrogens with zero attached hydrogens (tertiary/aromatic N) is 2. The molecule has 0 bridgehead atoms. The molecule has 2 unspecified atom stereocenters. The number of rotatable bonds is 5. The number of nitrogens with one attached hydrogen (secondary N) is 1. The van der Waals surface area contributed by atoms with Crippen LogP contribution in [0.3, 0.4) is 0 Å². The van der Waals surface area contributed by atoms with Gasteiger partial charge < -0.3 is 10.5 Å². The Bertz CT molecular complexity index is 1230. The van der Waals surface area contributed by atoms with Crippen LogP contribution in [0.25, 0.3) is 0 Å². The van der Waals surface area contributed by atoms with Crippen LogP contribution in [0.1, 0.15) is 64.0 Å². The predicted molar refractivity (Wildman–Crippen MR) is 115 cm³/mol. The molecule has 0 amide bonds. The van der Waals surface area contributed by atoms with Crippen LogP contribution in [0.4, 0.5) is 8.78 Å². The number of fused-ring (bicyclic) bond motifs is 1. The molecule has 162 valence electrons. The highest BCUT2D eigenvalue weighted by molar-refractivity contribution is 5.59. The SMILES string of the molecule is Cc1cc(C2(c3cccc(C#N)c3)NC(N)c3ncccc32)cc(C2CC2)c1OC(F)F. The molecule has 2 heterocycles. The molecule has 3 N–H and O–H groups in total. The van der Waals surface area contributed by atoms with Crippen molar-refractivity contribution in [3.63, 3.8) is 0 Å². The number of hydrogen-bond donors (Lipinski definition) is 2. The zero-order valence-corrected chi connectivity index (χ0v) is 17.5. The first-order valence-corrected chi connectivity index (χ1v) is 10.5. The van der Waals surface area contributed by atoms with E-state index in [1.807, 2.05) is 42.5 Å². The van der Waals surface area contributed by atoms with Crippen LogP contribution in [-0.4, -0.2) is 11.6 Å². The molecule has 1 aliphatic heterocycles. The van der Waals surface area contributed by atoms with Crippen LogP contribution in [0, 0.1) is 18.3 Å². The summed E-state index contributed by atoms with van der Waals surface area (Å²) in [4.78, 5) is 4.50. The lowest BCUT2D eigenvalue weighted by molar-refractivity contribution is -0.0509. The van der Waals surface area contributed by atoms with Crippen molar-refractivity contribution in [1.29, 1.82) is 5.26 Å². The van der Waals surface area contributed by atoms with Gasteiger partial charge >= 0.3 is 6.61 Å². The quantitative estimate of drug-likeness (QED) is 0.616. The van der Waals surface area contributed by atoms with Crippen molar-refractivity contribution in [2.24, 2.45) is 5.73 Å². The van der Waals surface area contributed by atoms with Crippen molar-refractivity contribution in [2.75, 3.05) is 0 Å². The van der Waals surface area contributed by atoms with Crippen LogP contribution in [-0.2, 0) is 5.54 Å². The molecule has 0 saturated heterocycles. The largest absolute Gasteiger partial charge is 0.434 e. The van der Waals surface area contributed by atoms with E-state index in [4.69, 9.17) is 10.5 Å². The molecule has 32 heavy (non-hydrogen) atoms. The number of pyridine rings is 1. The lowest BCUT2D eigenvalue weighted by atomic mass is 9.77. The first kappa shape index (κ1) is 20.6. The second-order valence-corrected chi connectivity index (χ2v) is 8.37. The van der Waals surface area contributed by atoms with E-state index in [1.165, 1.54) is 0 Å². The summed E-state index contributed by atoms with van der Waals surface area (Å²) in [6.07, 6.45) is 3.04. The summed E-state index contributed by atoms with van der Waals surface area (Å²) in [7, 11) is 0. The minimum Gasteiger partial charge on any atom is -0.434 e. The van der Waals surface area contributed by atoms with Gasteiger partial charge in [0.2, 0.25) is 0 Å². The van der Waals surface area contributed by atoms with Gasteiger partial charge in [0.15, 0.2) is 0 Å². The molecule has 0 spiro atoms. The number of alkyl halides is 2.